The normalized spacial score (nSPS) is 11.3. The van der Waals surface area contributed by atoms with Crippen molar-refractivity contribution in [3.63, 3.8) is 0 Å². The summed E-state index contributed by atoms with van der Waals surface area (Å²) in [4.78, 5) is 23.9. The summed E-state index contributed by atoms with van der Waals surface area (Å²) < 4.78 is 19.1. The van der Waals surface area contributed by atoms with E-state index in [0.717, 1.165) is 6.07 Å². The molecule has 0 aliphatic carbocycles. The molecule has 0 fully saturated rings. The fraction of sp³-hybridized carbons (Fsp3) is 0.200. The van der Waals surface area contributed by atoms with E-state index in [2.05, 4.69) is 10.6 Å². The van der Waals surface area contributed by atoms with Crippen LogP contribution in [0.5, 0.6) is 0 Å². The average Bonchev–Trinajstić information content (AvgIpc) is 2.55. The molecule has 0 saturated heterocycles. The Morgan fingerprint density at radius 1 is 1.11 bits per heavy atom. The molecule has 0 bridgehead atoms. The smallest absolute Gasteiger partial charge is 0.412 e. The van der Waals surface area contributed by atoms with Crippen molar-refractivity contribution in [2.45, 2.75) is 26.4 Å². The first-order valence-corrected chi connectivity index (χ1v) is 8.55. The molecule has 142 valence electrons. The first-order chi connectivity index (χ1) is 12.6. The maximum atomic E-state index is 14.0. The van der Waals surface area contributed by atoms with Crippen molar-refractivity contribution in [3.05, 3.63) is 64.9 Å². The molecule has 0 atom stereocenters. The van der Waals surface area contributed by atoms with Crippen molar-refractivity contribution >= 4 is 41.1 Å². The molecule has 5 nitrogen and oxygen atoms in total. The van der Waals surface area contributed by atoms with Gasteiger partial charge in [-0.1, -0.05) is 29.8 Å². The van der Waals surface area contributed by atoms with E-state index < -0.39 is 23.4 Å². The van der Waals surface area contributed by atoms with Gasteiger partial charge in [-0.15, -0.1) is 0 Å². The minimum Gasteiger partial charge on any atom is -0.444 e. The van der Waals surface area contributed by atoms with Crippen LogP contribution in [0.25, 0.3) is 6.08 Å². The summed E-state index contributed by atoms with van der Waals surface area (Å²) >= 11 is 6.01. The Hall–Kier alpha value is -2.86. The lowest BCUT2D eigenvalue weighted by atomic mass is 10.2. The quantitative estimate of drug-likeness (QED) is 0.679. The van der Waals surface area contributed by atoms with Gasteiger partial charge in [0.05, 0.1) is 5.69 Å². The van der Waals surface area contributed by atoms with E-state index >= 15 is 0 Å². The SMILES string of the molecule is CC(C)(C)OC(=O)Nc1ccc(F)c(NC(=O)/C=C/c2ccccc2Cl)c1. The lowest BCUT2D eigenvalue weighted by molar-refractivity contribution is -0.111. The first kappa shape index (κ1) is 20.5. The molecular weight excluding hydrogens is 371 g/mol. The molecule has 0 aromatic heterocycles. The number of hydrogen-bond donors (Lipinski definition) is 2. The van der Waals surface area contributed by atoms with Gasteiger partial charge in [0.25, 0.3) is 0 Å². The Balaban J connectivity index is 2.06. The van der Waals surface area contributed by atoms with E-state index in [4.69, 9.17) is 16.3 Å². The number of anilines is 2. The topological polar surface area (TPSA) is 67.4 Å². The molecule has 27 heavy (non-hydrogen) atoms. The van der Waals surface area contributed by atoms with E-state index in [0.29, 0.717) is 10.6 Å². The van der Waals surface area contributed by atoms with Crippen LogP contribution in [0.2, 0.25) is 5.02 Å². The molecule has 0 aliphatic rings. The van der Waals surface area contributed by atoms with Crippen LogP contribution < -0.4 is 10.6 Å². The summed E-state index contributed by atoms with van der Waals surface area (Å²) in [6.45, 7) is 5.19. The molecule has 0 saturated carbocycles. The Bertz CT molecular complexity index is 876. The number of nitrogens with one attached hydrogen (secondary N) is 2. The van der Waals surface area contributed by atoms with Crippen molar-refractivity contribution in [2.24, 2.45) is 0 Å². The number of carbonyl (C=O) groups excluding carboxylic acids is 2. The summed E-state index contributed by atoms with van der Waals surface area (Å²) in [7, 11) is 0. The number of ether oxygens (including phenoxy) is 1. The molecule has 7 heteroatoms. The Morgan fingerprint density at radius 2 is 1.81 bits per heavy atom. The van der Waals surface area contributed by atoms with Crippen LogP contribution in [-0.2, 0) is 9.53 Å². The van der Waals surface area contributed by atoms with Gasteiger partial charge >= 0.3 is 6.09 Å². The second-order valence-electron chi connectivity index (χ2n) is 6.67. The molecule has 2 amide bonds. The standard InChI is InChI=1S/C20H20ClFN2O3/c1-20(2,3)27-19(26)23-14-9-10-16(22)17(12-14)24-18(25)11-8-13-6-4-5-7-15(13)21/h4-12H,1-3H3,(H,23,26)(H,24,25)/b11-8+. The number of benzene rings is 2. The second kappa shape index (κ2) is 8.68. The van der Waals surface area contributed by atoms with Gasteiger partial charge in [0, 0.05) is 16.8 Å². The number of halogens is 2. The first-order valence-electron chi connectivity index (χ1n) is 8.17. The van der Waals surface area contributed by atoms with Gasteiger partial charge in [-0.05, 0) is 56.7 Å². The molecule has 2 rings (SSSR count). The summed E-state index contributed by atoms with van der Waals surface area (Å²) in [5.74, 6) is -1.17. The third-order valence-electron chi connectivity index (χ3n) is 3.19. The van der Waals surface area contributed by atoms with Gasteiger partial charge in [-0.2, -0.15) is 0 Å². The Morgan fingerprint density at radius 3 is 2.48 bits per heavy atom. The Kier molecular flexibility index (Phi) is 6.58. The second-order valence-corrected chi connectivity index (χ2v) is 7.07. The van der Waals surface area contributed by atoms with E-state index in [1.54, 1.807) is 45.0 Å². The Labute approximate surface area is 162 Å². The lowest BCUT2D eigenvalue weighted by Crippen LogP contribution is -2.27. The molecule has 0 radical (unpaired) electrons. The zero-order valence-corrected chi connectivity index (χ0v) is 15.9. The molecule has 0 heterocycles. The van der Waals surface area contributed by atoms with Crippen molar-refractivity contribution in [3.8, 4) is 0 Å². The van der Waals surface area contributed by atoms with E-state index in [9.17, 15) is 14.0 Å². The maximum absolute atomic E-state index is 14.0. The monoisotopic (exact) mass is 390 g/mol. The van der Waals surface area contributed by atoms with Crippen molar-refractivity contribution in [1.29, 1.82) is 0 Å². The van der Waals surface area contributed by atoms with E-state index in [1.807, 2.05) is 0 Å². The highest BCUT2D eigenvalue weighted by atomic mass is 35.5. The summed E-state index contributed by atoms with van der Waals surface area (Å²) in [5.41, 5.74) is 0.216. The molecule has 2 N–H and O–H groups in total. The predicted octanol–water partition coefficient (Wildman–Crippen LogP) is 5.48. The number of rotatable bonds is 4. The van der Waals surface area contributed by atoms with Crippen LogP contribution in [-0.4, -0.2) is 17.6 Å². The largest absolute Gasteiger partial charge is 0.444 e. The minimum absolute atomic E-state index is 0.0719. The van der Waals surface area contributed by atoms with Crippen LogP contribution in [0, 0.1) is 5.82 Å². The highest BCUT2D eigenvalue weighted by Crippen LogP contribution is 2.21. The van der Waals surface area contributed by atoms with Gasteiger partial charge in [0.2, 0.25) is 5.91 Å². The van der Waals surface area contributed by atoms with E-state index in [-0.39, 0.29) is 11.4 Å². The fourth-order valence-corrected chi connectivity index (χ4v) is 2.27. The molecule has 0 aliphatic heterocycles. The highest BCUT2D eigenvalue weighted by Gasteiger charge is 2.16. The number of amides is 2. The average molecular weight is 391 g/mol. The van der Waals surface area contributed by atoms with Crippen LogP contribution in [0.4, 0.5) is 20.6 Å². The van der Waals surface area contributed by atoms with Gasteiger partial charge in [0.15, 0.2) is 0 Å². The summed E-state index contributed by atoms with van der Waals surface area (Å²) in [6.07, 6.45) is 2.09. The van der Waals surface area contributed by atoms with E-state index in [1.165, 1.54) is 24.3 Å². The fourth-order valence-electron chi connectivity index (χ4n) is 2.07. The number of hydrogen-bond acceptors (Lipinski definition) is 3. The zero-order valence-electron chi connectivity index (χ0n) is 15.2. The van der Waals surface area contributed by atoms with Gasteiger partial charge in [-0.25, -0.2) is 9.18 Å². The predicted molar refractivity (Wildman–Crippen MR) is 105 cm³/mol. The van der Waals surface area contributed by atoms with Crippen LogP contribution in [0.3, 0.4) is 0 Å². The zero-order chi connectivity index (χ0) is 20.0. The highest BCUT2D eigenvalue weighted by molar-refractivity contribution is 6.32. The molecule has 0 spiro atoms. The molecular formula is C20H20ClFN2O3. The lowest BCUT2D eigenvalue weighted by Gasteiger charge is -2.19. The molecule has 0 unspecified atom stereocenters. The summed E-state index contributed by atoms with van der Waals surface area (Å²) in [5, 5.41) is 5.41. The molecule has 2 aromatic rings. The maximum Gasteiger partial charge on any atom is 0.412 e. The van der Waals surface area contributed by atoms with Crippen LogP contribution in [0.15, 0.2) is 48.5 Å². The minimum atomic E-state index is -0.676. The van der Waals surface area contributed by atoms with Crippen LogP contribution in [0.1, 0.15) is 26.3 Å². The van der Waals surface area contributed by atoms with Crippen molar-refractivity contribution in [2.75, 3.05) is 10.6 Å². The summed E-state index contributed by atoms with van der Waals surface area (Å²) in [6, 6.07) is 10.8. The van der Waals surface area contributed by atoms with Gasteiger partial charge in [-0.3, -0.25) is 10.1 Å². The third-order valence-corrected chi connectivity index (χ3v) is 3.53. The van der Waals surface area contributed by atoms with Crippen molar-refractivity contribution in [1.82, 2.24) is 0 Å². The molecule has 2 aromatic carbocycles. The number of carbonyl (C=O) groups is 2. The third kappa shape index (κ3) is 6.75. The van der Waals surface area contributed by atoms with Gasteiger partial charge in [0.1, 0.15) is 11.4 Å². The van der Waals surface area contributed by atoms with Crippen molar-refractivity contribution < 1.29 is 18.7 Å². The van der Waals surface area contributed by atoms with Gasteiger partial charge < -0.3 is 10.1 Å². The van der Waals surface area contributed by atoms with Crippen LogP contribution >= 0.6 is 11.6 Å².